The SMILES string of the molecule is COc1ccc(Cn2c(=O)cc3n(c2=O)CCC3OC)cc1. The summed E-state index contributed by atoms with van der Waals surface area (Å²) < 4.78 is 13.3. The number of hydrogen-bond acceptors (Lipinski definition) is 4. The lowest BCUT2D eigenvalue weighted by Crippen LogP contribution is -2.40. The van der Waals surface area contributed by atoms with Gasteiger partial charge in [0.15, 0.2) is 0 Å². The number of nitrogens with zero attached hydrogens (tertiary/aromatic N) is 2. The summed E-state index contributed by atoms with van der Waals surface area (Å²) in [4.78, 5) is 24.8. The highest BCUT2D eigenvalue weighted by Crippen LogP contribution is 2.25. The van der Waals surface area contributed by atoms with Gasteiger partial charge in [-0.05, 0) is 24.1 Å². The molecule has 6 nitrogen and oxygen atoms in total. The van der Waals surface area contributed by atoms with E-state index in [9.17, 15) is 9.59 Å². The van der Waals surface area contributed by atoms with Crippen LogP contribution < -0.4 is 16.0 Å². The first-order valence-corrected chi connectivity index (χ1v) is 7.14. The third kappa shape index (κ3) is 2.46. The van der Waals surface area contributed by atoms with Gasteiger partial charge in [0.05, 0.1) is 25.5 Å². The van der Waals surface area contributed by atoms with Crippen LogP contribution in [0, 0.1) is 0 Å². The van der Waals surface area contributed by atoms with Crippen LogP contribution >= 0.6 is 0 Å². The average Bonchev–Trinajstić information content (AvgIpc) is 2.95. The Morgan fingerprint density at radius 1 is 1.18 bits per heavy atom. The van der Waals surface area contributed by atoms with Gasteiger partial charge >= 0.3 is 5.69 Å². The predicted octanol–water partition coefficient (Wildman–Crippen LogP) is 1.16. The number of rotatable bonds is 4. The third-order valence-corrected chi connectivity index (χ3v) is 4.04. The fourth-order valence-electron chi connectivity index (χ4n) is 2.82. The first kappa shape index (κ1) is 14.6. The molecular weight excluding hydrogens is 284 g/mol. The van der Waals surface area contributed by atoms with Crippen LogP contribution in [0.3, 0.4) is 0 Å². The summed E-state index contributed by atoms with van der Waals surface area (Å²) in [5.41, 5.74) is 0.971. The first-order chi connectivity index (χ1) is 10.6. The molecule has 0 saturated heterocycles. The van der Waals surface area contributed by atoms with Gasteiger partial charge in [-0.25, -0.2) is 4.79 Å². The van der Waals surface area contributed by atoms with Crippen LogP contribution in [0.25, 0.3) is 0 Å². The summed E-state index contributed by atoms with van der Waals surface area (Å²) >= 11 is 0. The van der Waals surface area contributed by atoms with Gasteiger partial charge in [-0.2, -0.15) is 0 Å². The summed E-state index contributed by atoms with van der Waals surface area (Å²) in [6.45, 7) is 0.829. The number of ether oxygens (including phenoxy) is 2. The van der Waals surface area contributed by atoms with Crippen LogP contribution in [-0.2, 0) is 17.8 Å². The van der Waals surface area contributed by atoms with Crippen molar-refractivity contribution >= 4 is 0 Å². The highest BCUT2D eigenvalue weighted by Gasteiger charge is 2.25. The van der Waals surface area contributed by atoms with Crippen LogP contribution in [0.4, 0.5) is 0 Å². The Hall–Kier alpha value is -2.34. The average molecular weight is 302 g/mol. The number of hydrogen-bond donors (Lipinski definition) is 0. The van der Waals surface area contributed by atoms with Gasteiger partial charge < -0.3 is 9.47 Å². The summed E-state index contributed by atoms with van der Waals surface area (Å²) in [7, 11) is 3.19. The molecule has 2 heterocycles. The lowest BCUT2D eigenvalue weighted by atomic mass is 10.2. The minimum Gasteiger partial charge on any atom is -0.497 e. The molecule has 0 saturated carbocycles. The first-order valence-electron chi connectivity index (χ1n) is 7.14. The minimum atomic E-state index is -0.295. The summed E-state index contributed by atoms with van der Waals surface area (Å²) in [6, 6.07) is 8.83. The van der Waals surface area contributed by atoms with Crippen LogP contribution in [0.5, 0.6) is 5.75 Å². The molecular formula is C16H18N2O4. The second kappa shape index (κ2) is 5.81. The van der Waals surface area contributed by atoms with Gasteiger partial charge in [-0.3, -0.25) is 13.9 Å². The molecule has 0 amide bonds. The maximum Gasteiger partial charge on any atom is 0.331 e. The monoisotopic (exact) mass is 302 g/mol. The van der Waals surface area contributed by atoms with Gasteiger partial charge in [0.2, 0.25) is 0 Å². The minimum absolute atomic E-state index is 0.170. The third-order valence-electron chi connectivity index (χ3n) is 4.04. The molecule has 0 N–H and O–H groups in total. The van der Waals surface area contributed by atoms with Gasteiger partial charge in [-0.1, -0.05) is 12.1 Å². The van der Waals surface area contributed by atoms with E-state index in [0.717, 1.165) is 17.7 Å². The van der Waals surface area contributed by atoms with Gasteiger partial charge in [0.25, 0.3) is 5.56 Å². The highest BCUT2D eigenvalue weighted by atomic mass is 16.5. The van der Waals surface area contributed by atoms with E-state index in [2.05, 4.69) is 0 Å². The molecule has 116 valence electrons. The Balaban J connectivity index is 1.98. The maximum atomic E-state index is 12.5. The molecule has 0 aliphatic carbocycles. The Morgan fingerprint density at radius 3 is 2.55 bits per heavy atom. The summed E-state index contributed by atoms with van der Waals surface area (Å²) in [6.07, 6.45) is 0.550. The van der Waals surface area contributed by atoms with E-state index in [1.165, 1.54) is 10.6 Å². The standard InChI is InChI=1S/C16H18N2O4/c1-21-12-5-3-11(4-6-12)10-18-15(19)9-13-14(22-2)7-8-17(13)16(18)20/h3-6,9,14H,7-8,10H2,1-2H3. The van der Waals surface area contributed by atoms with Crippen molar-refractivity contribution in [1.29, 1.82) is 0 Å². The quantitative estimate of drug-likeness (QED) is 0.850. The molecule has 0 bridgehead atoms. The van der Waals surface area contributed by atoms with Crippen LogP contribution in [0.15, 0.2) is 39.9 Å². The molecule has 22 heavy (non-hydrogen) atoms. The number of fused-ring (bicyclic) bond motifs is 1. The van der Waals surface area contributed by atoms with E-state index in [4.69, 9.17) is 9.47 Å². The normalized spacial score (nSPS) is 16.5. The van der Waals surface area contributed by atoms with Gasteiger partial charge in [0.1, 0.15) is 5.75 Å². The molecule has 1 aliphatic rings. The van der Waals surface area contributed by atoms with Crippen LogP contribution in [0.1, 0.15) is 23.8 Å². The lowest BCUT2D eigenvalue weighted by Gasteiger charge is -2.11. The molecule has 6 heteroatoms. The Kier molecular flexibility index (Phi) is 3.85. The smallest absolute Gasteiger partial charge is 0.331 e. The zero-order valence-corrected chi connectivity index (χ0v) is 12.6. The van der Waals surface area contributed by atoms with E-state index in [1.54, 1.807) is 18.8 Å². The van der Waals surface area contributed by atoms with E-state index >= 15 is 0 Å². The van der Waals surface area contributed by atoms with Crippen molar-refractivity contribution in [2.24, 2.45) is 0 Å². The van der Waals surface area contributed by atoms with Crippen molar-refractivity contribution in [3.63, 3.8) is 0 Å². The molecule has 1 aromatic carbocycles. The second-order valence-corrected chi connectivity index (χ2v) is 5.29. The topological polar surface area (TPSA) is 62.5 Å². The number of benzene rings is 1. The fourth-order valence-corrected chi connectivity index (χ4v) is 2.82. The van der Waals surface area contributed by atoms with Crippen LogP contribution in [-0.4, -0.2) is 23.4 Å². The molecule has 1 atom stereocenters. The molecule has 1 aromatic heterocycles. The molecule has 0 radical (unpaired) electrons. The van der Waals surface area contributed by atoms with Crippen molar-refractivity contribution in [3.8, 4) is 5.75 Å². The predicted molar refractivity (Wildman–Crippen MR) is 81.4 cm³/mol. The Labute approximate surface area is 127 Å². The highest BCUT2D eigenvalue weighted by molar-refractivity contribution is 5.27. The Morgan fingerprint density at radius 2 is 1.91 bits per heavy atom. The van der Waals surface area contributed by atoms with E-state index in [-0.39, 0.29) is 23.9 Å². The molecule has 1 aliphatic heterocycles. The number of methoxy groups -OCH3 is 2. The van der Waals surface area contributed by atoms with Crippen molar-refractivity contribution < 1.29 is 9.47 Å². The van der Waals surface area contributed by atoms with Crippen molar-refractivity contribution in [1.82, 2.24) is 9.13 Å². The largest absolute Gasteiger partial charge is 0.497 e. The summed E-state index contributed by atoms with van der Waals surface area (Å²) in [5.74, 6) is 0.740. The second-order valence-electron chi connectivity index (χ2n) is 5.29. The number of aromatic nitrogens is 2. The van der Waals surface area contributed by atoms with Crippen LogP contribution in [0.2, 0.25) is 0 Å². The van der Waals surface area contributed by atoms with E-state index in [1.807, 2.05) is 24.3 Å². The molecule has 0 fully saturated rings. The fraction of sp³-hybridized carbons (Fsp3) is 0.375. The molecule has 0 spiro atoms. The molecule has 3 rings (SSSR count). The lowest BCUT2D eigenvalue weighted by molar-refractivity contribution is 0.104. The maximum absolute atomic E-state index is 12.5. The zero-order valence-electron chi connectivity index (χ0n) is 12.6. The summed E-state index contributed by atoms with van der Waals surface area (Å²) in [5, 5.41) is 0. The van der Waals surface area contributed by atoms with E-state index < -0.39 is 0 Å². The molecule has 1 unspecified atom stereocenters. The zero-order chi connectivity index (χ0) is 15.7. The Bertz CT molecular complexity index is 789. The van der Waals surface area contributed by atoms with Crippen molar-refractivity contribution in [2.75, 3.05) is 14.2 Å². The van der Waals surface area contributed by atoms with Gasteiger partial charge in [-0.15, -0.1) is 0 Å². The molecule has 2 aromatic rings. The van der Waals surface area contributed by atoms with Crippen molar-refractivity contribution in [3.05, 3.63) is 62.4 Å². The van der Waals surface area contributed by atoms with E-state index in [0.29, 0.717) is 12.2 Å². The van der Waals surface area contributed by atoms with Gasteiger partial charge in [0, 0.05) is 19.7 Å². The van der Waals surface area contributed by atoms with Crippen molar-refractivity contribution in [2.45, 2.75) is 25.6 Å².